The van der Waals surface area contributed by atoms with Gasteiger partial charge in [-0.15, -0.1) is 2.25 Å². The molecule has 0 atom stereocenters. The molecule has 0 aromatic carbocycles. The van der Waals surface area contributed by atoms with Crippen molar-refractivity contribution in [2.24, 2.45) is 0 Å². The second-order valence-corrected chi connectivity index (χ2v) is 2.16. The number of hydrogen-bond donors (Lipinski definition) is 1. The van der Waals surface area contributed by atoms with Gasteiger partial charge in [-0.05, 0) is 5.03 Å². The maximum absolute atomic E-state index is 7.00. The fraction of sp³-hybridized carbons (Fsp3) is 0. The summed E-state index contributed by atoms with van der Waals surface area (Å²) >= 11 is 3.99. The number of aromatic nitrogens is 2. The van der Waals surface area contributed by atoms with E-state index in [0.717, 1.165) is 0 Å². The van der Waals surface area contributed by atoms with Gasteiger partial charge in [0.25, 0.3) is 0 Å². The molecule has 2 N–H and O–H groups in total. The van der Waals surface area contributed by atoms with Gasteiger partial charge in [-0.25, -0.2) is 4.98 Å². The second kappa shape index (κ2) is 4.41. The van der Waals surface area contributed by atoms with Crippen molar-refractivity contribution < 1.29 is 29.6 Å². The first kappa shape index (κ1) is 7.18. The normalized spacial score (nSPS) is 12.7. The number of nitrogens with zero attached hydrogens (tertiary/aromatic N) is 2. The summed E-state index contributed by atoms with van der Waals surface area (Å²) in [6.07, 6.45) is 1.27. The van der Waals surface area contributed by atoms with Gasteiger partial charge in [-0.2, -0.15) is 0 Å². The topological polar surface area (TPSA) is 51.8 Å². The van der Waals surface area contributed by atoms with Crippen LogP contribution < -0.4 is 35.3 Å². The Hall–Kier alpha value is 0.520. The van der Waals surface area contributed by atoms with E-state index in [9.17, 15) is 0 Å². The molecule has 10 heavy (non-hydrogen) atoms. The number of nitrogens with two attached hydrogens (primary N) is 1. The maximum atomic E-state index is 7.00. The van der Waals surface area contributed by atoms with Crippen molar-refractivity contribution in [1.29, 1.82) is 2.25 Å². The van der Waals surface area contributed by atoms with E-state index < -0.39 is 12.4 Å². The van der Waals surface area contributed by atoms with Crippen LogP contribution in [0.15, 0.2) is 11.2 Å². The molecule has 0 aliphatic carbocycles. The van der Waals surface area contributed by atoms with E-state index in [-0.39, 0.29) is 45.6 Å². The van der Waals surface area contributed by atoms with Crippen molar-refractivity contribution >= 4 is 29.9 Å². The molecule has 0 fully saturated rings. The van der Waals surface area contributed by atoms with E-state index in [1.165, 1.54) is 6.20 Å². The van der Waals surface area contributed by atoms with Crippen LogP contribution in [-0.2, 0) is 12.4 Å². The Morgan fingerprint density at radius 2 is 2.50 bits per heavy atom. The molecule has 1 rings (SSSR count). The molecule has 3 nitrogen and oxygen atoms in total. The third-order valence-corrected chi connectivity index (χ3v) is 1.23. The summed E-state index contributed by atoms with van der Waals surface area (Å²) in [5.74, 6) is 0.0610. The molecule has 0 saturated carbocycles. The van der Waals surface area contributed by atoms with Crippen LogP contribution in [0.3, 0.4) is 0 Å². The first-order valence-electron chi connectivity index (χ1n) is 2.97. The molecule has 0 aliphatic heterocycles. The van der Waals surface area contributed by atoms with E-state index in [2.05, 4.69) is 9.97 Å². The summed E-state index contributed by atoms with van der Waals surface area (Å²) in [5, 5.41) is 0.339. The molecule has 50 valence electrons. The molecule has 6 heteroatoms. The Bertz CT molecular complexity index is 274. The number of nitrogen functional groups attached to an aromatic ring is 1. The molecular formula is C4H5ClN3NaS. The molecule has 1 aromatic heterocycles. The fourth-order valence-electron chi connectivity index (χ4n) is 0.370. The SMILES string of the molecule is [2H][S-]([2H])c1ncc(Cl)nc1N.[Na+]. The maximum Gasteiger partial charge on any atom is 1.00 e. The summed E-state index contributed by atoms with van der Waals surface area (Å²) < 4.78 is 14.0. The van der Waals surface area contributed by atoms with Gasteiger partial charge in [0.2, 0.25) is 0 Å². The quantitative estimate of drug-likeness (QED) is 0.379. The van der Waals surface area contributed by atoms with Crippen LogP contribution in [0.25, 0.3) is 0 Å². The summed E-state index contributed by atoms with van der Waals surface area (Å²) in [6.45, 7) is 0. The van der Waals surface area contributed by atoms with Crippen molar-refractivity contribution in [2.75, 3.05) is 5.73 Å². The Morgan fingerprint density at radius 3 is 3.00 bits per heavy atom. The molecule has 1 aromatic rings. The largest absolute Gasteiger partial charge is 1.00 e. The third-order valence-electron chi connectivity index (χ3n) is 0.735. The van der Waals surface area contributed by atoms with Gasteiger partial charge in [0.05, 0.1) is 6.20 Å². The summed E-state index contributed by atoms with van der Waals surface area (Å²) in [5.41, 5.74) is 5.33. The summed E-state index contributed by atoms with van der Waals surface area (Å²) in [6, 6.07) is 0. The van der Waals surface area contributed by atoms with Crippen molar-refractivity contribution in [3.8, 4) is 0 Å². The van der Waals surface area contributed by atoms with Crippen molar-refractivity contribution in [2.45, 2.75) is 5.03 Å². The average Bonchev–Trinajstić information content (AvgIpc) is 1.85. The minimum atomic E-state index is -1.46. The Kier molecular flexibility index (Phi) is 3.17. The molecule has 0 spiro atoms. The molecule has 0 unspecified atom stereocenters. The van der Waals surface area contributed by atoms with E-state index >= 15 is 0 Å². The van der Waals surface area contributed by atoms with Crippen LogP contribution in [0, 0.1) is 0 Å². The summed E-state index contributed by atoms with van der Waals surface area (Å²) in [4.78, 5) is 7.34. The summed E-state index contributed by atoms with van der Waals surface area (Å²) in [7, 11) is 0. The van der Waals surface area contributed by atoms with Gasteiger partial charge < -0.3 is 18.2 Å². The van der Waals surface area contributed by atoms with Crippen LogP contribution >= 0.6 is 11.6 Å². The van der Waals surface area contributed by atoms with Gasteiger partial charge >= 0.3 is 29.6 Å². The Labute approximate surface area is 93.3 Å². The minimum absolute atomic E-state index is 0. The van der Waals surface area contributed by atoms with Crippen LogP contribution in [0.2, 0.25) is 5.15 Å². The number of halogens is 1. The standard InChI is InChI=1S/C4H6ClN3S.Na/c5-2-1-7-4(9)3(6)8-2;/h1H,9H3,(H2,6,8);/q;+1/p-1/i9D2;. The van der Waals surface area contributed by atoms with Gasteiger partial charge in [-0.3, -0.25) is 4.98 Å². The van der Waals surface area contributed by atoms with Crippen molar-refractivity contribution in [3.63, 3.8) is 0 Å². The molecule has 0 radical (unpaired) electrons. The number of hydrogen-bond acceptors (Lipinski definition) is 4. The zero-order valence-electron chi connectivity index (χ0n) is 7.34. The predicted octanol–water partition coefficient (Wildman–Crippen LogP) is -2.91. The second-order valence-electron chi connectivity index (χ2n) is 1.38. The van der Waals surface area contributed by atoms with Gasteiger partial charge in [-0.1, -0.05) is 11.6 Å². The molecule has 1 heterocycles. The minimum Gasteiger partial charge on any atom is -0.493 e. The smallest absolute Gasteiger partial charge is 0.493 e. The van der Waals surface area contributed by atoms with Crippen molar-refractivity contribution in [3.05, 3.63) is 11.3 Å². The monoisotopic (exact) mass is 187 g/mol. The number of anilines is 1. The fourth-order valence-corrected chi connectivity index (χ4v) is 0.608. The van der Waals surface area contributed by atoms with Crippen molar-refractivity contribution in [1.82, 2.24) is 9.97 Å². The van der Waals surface area contributed by atoms with Gasteiger partial charge in [0.15, 0.2) is 0 Å². The first-order chi connectivity index (χ1) is 5.11. The Morgan fingerprint density at radius 1 is 1.80 bits per heavy atom. The van der Waals surface area contributed by atoms with E-state index in [4.69, 9.17) is 19.6 Å². The van der Waals surface area contributed by atoms with E-state index in [1.807, 2.05) is 0 Å². The molecule has 0 bridgehead atoms. The molecular weight excluding hydrogens is 181 g/mol. The zero-order chi connectivity index (χ0) is 8.43. The number of rotatable bonds is 1. The predicted molar refractivity (Wildman–Crippen MR) is 39.9 cm³/mol. The van der Waals surface area contributed by atoms with Crippen LogP contribution in [0.4, 0.5) is 5.82 Å². The third kappa shape index (κ3) is 2.64. The van der Waals surface area contributed by atoms with Gasteiger partial charge in [0.1, 0.15) is 11.0 Å². The van der Waals surface area contributed by atoms with Crippen LogP contribution in [0.5, 0.6) is 0 Å². The molecule has 0 saturated heterocycles. The molecule has 0 aliphatic rings. The van der Waals surface area contributed by atoms with Crippen LogP contribution in [0.1, 0.15) is 0 Å². The Balaban J connectivity index is 0.00000121. The van der Waals surface area contributed by atoms with E-state index in [0.29, 0.717) is 0 Å². The van der Waals surface area contributed by atoms with Gasteiger partial charge in [0, 0.05) is 0 Å². The van der Waals surface area contributed by atoms with E-state index in [1.54, 1.807) is 0 Å². The molecule has 0 amide bonds. The van der Waals surface area contributed by atoms with Crippen LogP contribution in [-0.4, -0.2) is 12.2 Å². The average molecular weight is 188 g/mol. The zero-order valence-corrected chi connectivity index (χ0v) is 8.91. The first-order valence-corrected chi connectivity index (χ1v) is 2.94.